The van der Waals surface area contributed by atoms with Crippen LogP contribution in [0.3, 0.4) is 0 Å². The summed E-state index contributed by atoms with van der Waals surface area (Å²) in [5, 5.41) is 3.12. The highest BCUT2D eigenvalue weighted by atomic mass is 35.5. The Kier molecular flexibility index (Phi) is 3.15. The summed E-state index contributed by atoms with van der Waals surface area (Å²) in [4.78, 5) is 20.1. The maximum atomic E-state index is 12.1. The van der Waals surface area contributed by atoms with Crippen molar-refractivity contribution in [3.8, 4) is 0 Å². The van der Waals surface area contributed by atoms with Crippen molar-refractivity contribution in [2.24, 2.45) is 0 Å². The molecular formula is C13H8ClN3OS. The highest BCUT2D eigenvalue weighted by molar-refractivity contribution is 7.16. The highest BCUT2D eigenvalue weighted by Crippen LogP contribution is 2.20. The van der Waals surface area contributed by atoms with Gasteiger partial charge < -0.3 is 5.32 Å². The van der Waals surface area contributed by atoms with Crippen LogP contribution < -0.4 is 5.32 Å². The van der Waals surface area contributed by atoms with Crippen molar-refractivity contribution < 1.29 is 4.79 Å². The fourth-order valence-electron chi connectivity index (χ4n) is 1.68. The third-order valence-electron chi connectivity index (χ3n) is 2.58. The summed E-state index contributed by atoms with van der Waals surface area (Å²) in [6, 6.07) is 8.70. The third kappa shape index (κ3) is 2.57. The van der Waals surface area contributed by atoms with Crippen LogP contribution in [0, 0.1) is 0 Å². The molecule has 0 aliphatic rings. The van der Waals surface area contributed by atoms with Gasteiger partial charge in [0, 0.05) is 17.4 Å². The van der Waals surface area contributed by atoms with E-state index in [4.69, 9.17) is 11.6 Å². The number of hydrogen-bond acceptors (Lipinski definition) is 4. The Morgan fingerprint density at radius 3 is 2.95 bits per heavy atom. The molecule has 1 N–H and O–H groups in total. The van der Waals surface area contributed by atoms with Gasteiger partial charge in [-0.25, -0.2) is 9.97 Å². The predicted molar refractivity (Wildman–Crippen MR) is 76.8 cm³/mol. The molecular weight excluding hydrogens is 282 g/mol. The lowest BCUT2D eigenvalue weighted by molar-refractivity contribution is 0.102. The number of halogens is 1. The van der Waals surface area contributed by atoms with Crippen LogP contribution in [0.4, 0.5) is 5.69 Å². The molecule has 19 heavy (non-hydrogen) atoms. The van der Waals surface area contributed by atoms with E-state index in [9.17, 15) is 4.79 Å². The Hall–Kier alpha value is -1.98. The van der Waals surface area contributed by atoms with Crippen molar-refractivity contribution in [1.82, 2.24) is 9.97 Å². The van der Waals surface area contributed by atoms with Crippen LogP contribution in [0.15, 0.2) is 42.0 Å². The lowest BCUT2D eigenvalue weighted by Gasteiger charge is -2.05. The normalized spacial score (nSPS) is 10.6. The number of hydrogen-bond donors (Lipinski definition) is 1. The van der Waals surface area contributed by atoms with Crippen LogP contribution in [0.1, 0.15) is 10.4 Å². The number of carbonyl (C=O) groups excluding carboxylic acids is 1. The van der Waals surface area contributed by atoms with E-state index in [0.29, 0.717) is 16.4 Å². The number of anilines is 1. The number of aromatic nitrogens is 2. The molecule has 1 amide bonds. The number of fused-ring (bicyclic) bond motifs is 1. The molecule has 3 rings (SSSR count). The van der Waals surface area contributed by atoms with Gasteiger partial charge in [-0.05, 0) is 30.3 Å². The molecule has 6 heteroatoms. The Morgan fingerprint density at radius 1 is 1.21 bits per heavy atom. The zero-order valence-electron chi connectivity index (χ0n) is 9.63. The van der Waals surface area contributed by atoms with E-state index in [1.807, 2.05) is 12.1 Å². The van der Waals surface area contributed by atoms with Gasteiger partial charge >= 0.3 is 0 Å². The van der Waals surface area contributed by atoms with Gasteiger partial charge in [-0.3, -0.25) is 4.79 Å². The molecule has 2 aromatic heterocycles. The molecule has 0 saturated heterocycles. The molecule has 0 aliphatic heterocycles. The van der Waals surface area contributed by atoms with Crippen molar-refractivity contribution in [2.75, 3.05) is 5.32 Å². The molecule has 0 bridgehead atoms. The van der Waals surface area contributed by atoms with Gasteiger partial charge in [0.05, 0.1) is 15.7 Å². The Bertz CT molecular complexity index is 756. The van der Waals surface area contributed by atoms with Gasteiger partial charge in [-0.1, -0.05) is 11.6 Å². The summed E-state index contributed by atoms with van der Waals surface area (Å²) < 4.78 is 0.986. The first-order valence-electron chi connectivity index (χ1n) is 5.48. The lowest BCUT2D eigenvalue weighted by Crippen LogP contribution is -2.11. The number of pyridine rings is 1. The highest BCUT2D eigenvalue weighted by Gasteiger charge is 2.08. The summed E-state index contributed by atoms with van der Waals surface area (Å²) in [5.74, 6) is -0.183. The third-order valence-corrected chi connectivity index (χ3v) is 3.58. The van der Waals surface area contributed by atoms with Crippen LogP contribution in [0.2, 0.25) is 5.15 Å². The van der Waals surface area contributed by atoms with Crippen molar-refractivity contribution >= 4 is 44.7 Å². The minimum Gasteiger partial charge on any atom is -0.322 e. The summed E-state index contributed by atoms with van der Waals surface area (Å²) in [6.45, 7) is 0. The quantitative estimate of drug-likeness (QED) is 0.733. The van der Waals surface area contributed by atoms with Crippen LogP contribution in [-0.2, 0) is 0 Å². The van der Waals surface area contributed by atoms with Gasteiger partial charge in [0.25, 0.3) is 5.91 Å². The molecule has 1 aromatic carbocycles. The van der Waals surface area contributed by atoms with E-state index in [1.165, 1.54) is 11.3 Å². The number of benzene rings is 1. The number of rotatable bonds is 2. The zero-order chi connectivity index (χ0) is 13.2. The molecule has 0 spiro atoms. The maximum Gasteiger partial charge on any atom is 0.255 e. The summed E-state index contributed by atoms with van der Waals surface area (Å²) >= 11 is 7.27. The molecule has 0 unspecified atom stereocenters. The van der Waals surface area contributed by atoms with E-state index >= 15 is 0 Å². The van der Waals surface area contributed by atoms with Crippen LogP contribution in [0.25, 0.3) is 10.2 Å². The number of carbonyl (C=O) groups is 1. The molecule has 0 fully saturated rings. The predicted octanol–water partition coefficient (Wildman–Crippen LogP) is 3.60. The van der Waals surface area contributed by atoms with Gasteiger partial charge in [-0.15, -0.1) is 11.3 Å². The van der Waals surface area contributed by atoms with Crippen molar-refractivity contribution in [3.05, 3.63) is 52.8 Å². The molecule has 0 saturated carbocycles. The molecule has 3 aromatic rings. The fourth-order valence-corrected chi connectivity index (χ4v) is 2.57. The average molecular weight is 290 g/mol. The minimum absolute atomic E-state index is 0.183. The monoisotopic (exact) mass is 289 g/mol. The second kappa shape index (κ2) is 4.95. The first kappa shape index (κ1) is 12.1. The smallest absolute Gasteiger partial charge is 0.255 e. The van der Waals surface area contributed by atoms with E-state index in [-0.39, 0.29) is 5.91 Å². The van der Waals surface area contributed by atoms with Crippen LogP contribution >= 0.6 is 22.9 Å². The van der Waals surface area contributed by atoms with E-state index < -0.39 is 0 Å². The molecule has 4 nitrogen and oxygen atoms in total. The topological polar surface area (TPSA) is 54.9 Å². The number of nitrogens with zero attached hydrogens (tertiary/aromatic N) is 2. The first-order chi connectivity index (χ1) is 9.22. The minimum atomic E-state index is -0.183. The number of nitrogens with one attached hydrogen (secondary N) is 1. The summed E-state index contributed by atoms with van der Waals surface area (Å²) in [5.41, 5.74) is 3.86. The second-order valence-electron chi connectivity index (χ2n) is 3.86. The zero-order valence-corrected chi connectivity index (χ0v) is 11.2. The van der Waals surface area contributed by atoms with Crippen molar-refractivity contribution in [2.45, 2.75) is 0 Å². The Balaban J connectivity index is 1.87. The molecule has 0 radical (unpaired) electrons. The first-order valence-corrected chi connectivity index (χ1v) is 6.74. The van der Waals surface area contributed by atoms with Gasteiger partial charge in [0.2, 0.25) is 0 Å². The SMILES string of the molecule is O=C(Nc1ccnc(Cl)c1)c1ccc2ncsc2c1. The van der Waals surface area contributed by atoms with E-state index in [0.717, 1.165) is 10.2 Å². The van der Waals surface area contributed by atoms with E-state index in [1.54, 1.807) is 29.9 Å². The lowest BCUT2D eigenvalue weighted by atomic mass is 10.2. The van der Waals surface area contributed by atoms with Gasteiger partial charge in [0.15, 0.2) is 0 Å². The van der Waals surface area contributed by atoms with Gasteiger partial charge in [-0.2, -0.15) is 0 Å². The Labute approximate surface area is 118 Å². The molecule has 2 heterocycles. The number of amides is 1. The molecule has 94 valence electrons. The second-order valence-corrected chi connectivity index (χ2v) is 5.13. The van der Waals surface area contributed by atoms with Crippen LogP contribution in [0.5, 0.6) is 0 Å². The summed E-state index contributed by atoms with van der Waals surface area (Å²) in [6.07, 6.45) is 1.55. The van der Waals surface area contributed by atoms with Crippen molar-refractivity contribution in [3.63, 3.8) is 0 Å². The van der Waals surface area contributed by atoms with E-state index in [2.05, 4.69) is 15.3 Å². The average Bonchev–Trinajstić information content (AvgIpc) is 2.85. The standard InChI is InChI=1S/C13H8ClN3OS/c14-12-6-9(3-4-15-12)17-13(18)8-1-2-10-11(5-8)19-7-16-10/h1-7H,(H,15,17,18). The Morgan fingerprint density at radius 2 is 2.11 bits per heavy atom. The molecule has 0 aliphatic carbocycles. The summed E-state index contributed by atoms with van der Waals surface area (Å²) in [7, 11) is 0. The molecule has 0 atom stereocenters. The van der Waals surface area contributed by atoms with Gasteiger partial charge in [0.1, 0.15) is 5.15 Å². The van der Waals surface area contributed by atoms with Crippen molar-refractivity contribution in [1.29, 1.82) is 0 Å². The fraction of sp³-hybridized carbons (Fsp3) is 0. The number of thiazole rings is 1. The van der Waals surface area contributed by atoms with Crippen LogP contribution in [-0.4, -0.2) is 15.9 Å². The largest absolute Gasteiger partial charge is 0.322 e. The maximum absolute atomic E-state index is 12.1.